The molecule has 2 aromatic carbocycles. The van der Waals surface area contributed by atoms with Crippen molar-refractivity contribution in [2.75, 3.05) is 31.9 Å². The van der Waals surface area contributed by atoms with Crippen molar-refractivity contribution in [3.8, 4) is 11.3 Å². The Hall–Kier alpha value is -3.76. The van der Waals surface area contributed by atoms with Crippen molar-refractivity contribution >= 4 is 28.5 Å². The van der Waals surface area contributed by atoms with Crippen LogP contribution in [0.3, 0.4) is 0 Å². The van der Waals surface area contributed by atoms with E-state index in [9.17, 15) is 5.11 Å². The number of halogens is 1. The van der Waals surface area contributed by atoms with Crippen LogP contribution < -0.4 is 16.4 Å². The highest BCUT2D eigenvalue weighted by Gasteiger charge is 2.35. The van der Waals surface area contributed by atoms with Crippen LogP contribution in [0, 0.1) is 5.92 Å². The normalized spacial score (nSPS) is 18.5. The quantitative estimate of drug-likeness (QED) is 0.115. The number of nitrogens with zero attached hydrogens (tertiary/aromatic N) is 5. The van der Waals surface area contributed by atoms with Crippen molar-refractivity contribution in [3.63, 3.8) is 0 Å². The number of rotatable bonds is 13. The van der Waals surface area contributed by atoms with Gasteiger partial charge in [0.1, 0.15) is 11.5 Å². The second kappa shape index (κ2) is 13.7. The van der Waals surface area contributed by atoms with Gasteiger partial charge in [0, 0.05) is 30.5 Å². The molecule has 10 heteroatoms. The maximum absolute atomic E-state index is 11.0. The first kappa shape index (κ1) is 29.3. The maximum Gasteiger partial charge on any atom is 0.226 e. The Morgan fingerprint density at radius 1 is 0.907 bits per heavy atom. The van der Waals surface area contributed by atoms with Gasteiger partial charge in [-0.05, 0) is 80.0 Å². The number of aliphatic hydroxyl groups is 1. The van der Waals surface area contributed by atoms with Gasteiger partial charge in [0.2, 0.25) is 5.28 Å². The van der Waals surface area contributed by atoms with Gasteiger partial charge in [-0.3, -0.25) is 4.68 Å². The molecule has 1 unspecified atom stereocenters. The number of anilines is 1. The summed E-state index contributed by atoms with van der Waals surface area (Å²) >= 11 is 6.27. The lowest BCUT2D eigenvalue weighted by Crippen LogP contribution is -2.30. The lowest BCUT2D eigenvalue weighted by atomic mass is 10.1. The third kappa shape index (κ3) is 7.08. The third-order valence-corrected chi connectivity index (χ3v) is 8.52. The molecule has 3 heterocycles. The molecular formula is C33H39ClN8O. The second-order valence-electron chi connectivity index (χ2n) is 11.4. The summed E-state index contributed by atoms with van der Waals surface area (Å²) in [6.07, 6.45) is 7.17. The summed E-state index contributed by atoms with van der Waals surface area (Å²) in [4.78, 5) is 8.82. The SMILES string of the molecule is Nc1nc(Cl)nc2c1c(-c1ccn(Cc3ccccc3)n1)cn2[C@@H]1CC(CNCCCNCCc2ccccc2)[C@@H](O)C1. The van der Waals surface area contributed by atoms with Crippen LogP contribution in [0.15, 0.2) is 79.1 Å². The van der Waals surface area contributed by atoms with Crippen LogP contribution >= 0.6 is 11.6 Å². The minimum absolute atomic E-state index is 0.0643. The van der Waals surface area contributed by atoms with Crippen molar-refractivity contribution in [2.45, 2.75) is 44.4 Å². The summed E-state index contributed by atoms with van der Waals surface area (Å²) in [5.41, 5.74) is 11.3. The highest BCUT2D eigenvalue weighted by Crippen LogP contribution is 2.41. The lowest BCUT2D eigenvalue weighted by Gasteiger charge is -2.15. The fraction of sp³-hybridized carbons (Fsp3) is 0.364. The second-order valence-corrected chi connectivity index (χ2v) is 11.7. The lowest BCUT2D eigenvalue weighted by molar-refractivity contribution is 0.130. The molecule has 0 spiro atoms. The largest absolute Gasteiger partial charge is 0.393 e. The van der Waals surface area contributed by atoms with Crippen LogP contribution in [-0.2, 0) is 13.0 Å². The van der Waals surface area contributed by atoms with Crippen LogP contribution in [0.4, 0.5) is 5.82 Å². The van der Waals surface area contributed by atoms with E-state index in [1.54, 1.807) is 0 Å². The van der Waals surface area contributed by atoms with Gasteiger partial charge in [0.25, 0.3) is 0 Å². The Bertz CT molecular complexity index is 1620. The number of nitrogens with two attached hydrogens (primary N) is 1. The smallest absolute Gasteiger partial charge is 0.226 e. The third-order valence-electron chi connectivity index (χ3n) is 8.35. The van der Waals surface area contributed by atoms with Gasteiger partial charge < -0.3 is 26.0 Å². The van der Waals surface area contributed by atoms with Gasteiger partial charge in [-0.25, -0.2) is 4.98 Å². The molecule has 3 aromatic heterocycles. The Labute approximate surface area is 257 Å². The highest BCUT2D eigenvalue weighted by atomic mass is 35.5. The summed E-state index contributed by atoms with van der Waals surface area (Å²) in [5, 5.41) is 23.8. The molecule has 1 aliphatic rings. The zero-order valence-electron chi connectivity index (χ0n) is 24.2. The van der Waals surface area contributed by atoms with Gasteiger partial charge in [-0.15, -0.1) is 0 Å². The zero-order valence-corrected chi connectivity index (χ0v) is 25.0. The number of hydrogen-bond acceptors (Lipinski definition) is 7. The minimum Gasteiger partial charge on any atom is -0.393 e. The number of nitrogens with one attached hydrogen (secondary N) is 2. The number of fused-ring (bicyclic) bond motifs is 1. The van der Waals surface area contributed by atoms with E-state index in [2.05, 4.69) is 67.8 Å². The summed E-state index contributed by atoms with van der Waals surface area (Å²) in [6, 6.07) is 22.8. The number of hydrogen-bond donors (Lipinski definition) is 4. The first-order chi connectivity index (χ1) is 21.0. The van der Waals surface area contributed by atoms with E-state index in [4.69, 9.17) is 22.4 Å². The average Bonchev–Trinajstić information content (AvgIpc) is 3.72. The molecule has 5 aromatic rings. The van der Waals surface area contributed by atoms with Crippen LogP contribution in [0.1, 0.15) is 36.4 Å². The number of benzene rings is 2. The average molecular weight is 599 g/mol. The predicted molar refractivity (Wildman–Crippen MR) is 172 cm³/mol. The number of aliphatic hydroxyl groups excluding tert-OH is 1. The molecule has 0 aliphatic heterocycles. The van der Waals surface area contributed by atoms with E-state index in [-0.39, 0.29) is 17.2 Å². The van der Waals surface area contributed by atoms with E-state index in [0.29, 0.717) is 24.4 Å². The van der Waals surface area contributed by atoms with E-state index in [1.165, 1.54) is 11.1 Å². The molecule has 5 N–H and O–H groups in total. The molecule has 3 atom stereocenters. The first-order valence-electron chi connectivity index (χ1n) is 15.1. The summed E-state index contributed by atoms with van der Waals surface area (Å²) < 4.78 is 4.03. The van der Waals surface area contributed by atoms with Crippen LogP contribution in [0.5, 0.6) is 0 Å². The fourth-order valence-electron chi connectivity index (χ4n) is 6.13. The van der Waals surface area contributed by atoms with E-state index in [1.807, 2.05) is 41.2 Å². The predicted octanol–water partition coefficient (Wildman–Crippen LogP) is 4.70. The van der Waals surface area contributed by atoms with Crippen molar-refractivity contribution in [3.05, 3.63) is 95.5 Å². The molecule has 43 heavy (non-hydrogen) atoms. The Morgan fingerprint density at radius 2 is 1.65 bits per heavy atom. The van der Waals surface area contributed by atoms with Gasteiger partial charge in [-0.1, -0.05) is 60.7 Å². The minimum atomic E-state index is -0.401. The zero-order chi connectivity index (χ0) is 29.6. The molecule has 0 bridgehead atoms. The molecule has 224 valence electrons. The fourth-order valence-corrected chi connectivity index (χ4v) is 6.30. The molecule has 1 saturated carbocycles. The molecule has 1 fully saturated rings. The summed E-state index contributed by atoms with van der Waals surface area (Å²) in [5.74, 6) is 0.479. The van der Waals surface area contributed by atoms with Gasteiger partial charge in [-0.2, -0.15) is 10.1 Å². The Kier molecular flexibility index (Phi) is 9.33. The van der Waals surface area contributed by atoms with Gasteiger partial charge in [0.15, 0.2) is 0 Å². The Balaban J connectivity index is 1.07. The topological polar surface area (TPSA) is 119 Å². The molecule has 9 nitrogen and oxygen atoms in total. The molecule has 1 aliphatic carbocycles. The standard InChI is InChI=1S/C33H39ClN8O/c34-33-38-31(35)30-27(28-13-17-41(40-28)21-24-10-5-2-6-11-24)22-42(32(30)39-33)26-18-25(29(43)19-26)20-37-15-7-14-36-16-12-23-8-3-1-4-9-23/h1-6,8-11,13,17,22,25-26,29,36-37,43H,7,12,14-16,18-21H2,(H2,35,38,39)/t25?,26-,29+/m1/s1. The molecule has 0 radical (unpaired) electrons. The van der Waals surface area contributed by atoms with E-state index in [0.717, 1.165) is 62.1 Å². The summed E-state index contributed by atoms with van der Waals surface area (Å²) in [7, 11) is 0. The highest BCUT2D eigenvalue weighted by molar-refractivity contribution is 6.29. The maximum atomic E-state index is 11.0. The summed E-state index contributed by atoms with van der Waals surface area (Å²) in [6.45, 7) is 4.30. The van der Waals surface area contributed by atoms with Gasteiger partial charge >= 0.3 is 0 Å². The van der Waals surface area contributed by atoms with E-state index < -0.39 is 6.10 Å². The monoisotopic (exact) mass is 598 g/mol. The van der Waals surface area contributed by atoms with Crippen molar-refractivity contribution in [1.29, 1.82) is 0 Å². The van der Waals surface area contributed by atoms with Crippen molar-refractivity contribution in [2.24, 2.45) is 5.92 Å². The molecular weight excluding hydrogens is 560 g/mol. The van der Waals surface area contributed by atoms with Crippen LogP contribution in [0.25, 0.3) is 22.3 Å². The van der Waals surface area contributed by atoms with Gasteiger partial charge in [0.05, 0.1) is 23.7 Å². The first-order valence-corrected chi connectivity index (χ1v) is 15.5. The van der Waals surface area contributed by atoms with E-state index >= 15 is 0 Å². The van der Waals surface area contributed by atoms with Crippen LogP contribution in [-0.4, -0.2) is 61.7 Å². The Morgan fingerprint density at radius 3 is 2.44 bits per heavy atom. The molecule has 0 saturated heterocycles. The molecule has 0 amide bonds. The number of aromatic nitrogens is 5. The number of nitrogen functional groups attached to an aromatic ring is 1. The van der Waals surface area contributed by atoms with Crippen LogP contribution in [0.2, 0.25) is 5.28 Å². The molecule has 6 rings (SSSR count). The van der Waals surface area contributed by atoms with Crippen molar-refractivity contribution in [1.82, 2.24) is 34.9 Å². The van der Waals surface area contributed by atoms with Crippen molar-refractivity contribution < 1.29 is 5.11 Å².